The van der Waals surface area contributed by atoms with Gasteiger partial charge >= 0.3 is 0 Å². The highest BCUT2D eigenvalue weighted by Gasteiger charge is 2.27. The van der Waals surface area contributed by atoms with Gasteiger partial charge in [0, 0.05) is 36.5 Å². The highest BCUT2D eigenvalue weighted by molar-refractivity contribution is 7.11. The Hall–Kier alpha value is -0.450. The number of rotatable bonds is 4. The normalized spacial score (nSPS) is 24.4. The van der Waals surface area contributed by atoms with Crippen LogP contribution in [0.15, 0.2) is 0 Å². The first-order valence-electron chi connectivity index (χ1n) is 7.66. The Morgan fingerprint density at radius 1 is 1.32 bits per heavy atom. The fraction of sp³-hybridized carbons (Fsp3) is 0.800. The molecule has 0 amide bonds. The van der Waals surface area contributed by atoms with Gasteiger partial charge in [-0.15, -0.1) is 11.3 Å². The SMILES string of the molecule is CCNCC1CCCc2sc(C3CCOCC3)nc21. The van der Waals surface area contributed by atoms with Gasteiger partial charge in [0.1, 0.15) is 0 Å². The van der Waals surface area contributed by atoms with Crippen LogP contribution in [0.5, 0.6) is 0 Å². The van der Waals surface area contributed by atoms with Crippen molar-refractivity contribution in [2.75, 3.05) is 26.3 Å². The summed E-state index contributed by atoms with van der Waals surface area (Å²) in [5.41, 5.74) is 1.42. The molecule has 1 aromatic heterocycles. The summed E-state index contributed by atoms with van der Waals surface area (Å²) in [6.45, 7) is 6.16. The zero-order valence-corrected chi connectivity index (χ0v) is 12.6. The minimum Gasteiger partial charge on any atom is -0.381 e. The van der Waals surface area contributed by atoms with Crippen molar-refractivity contribution in [2.45, 2.75) is 50.9 Å². The molecule has 1 saturated heterocycles. The Morgan fingerprint density at radius 2 is 2.16 bits per heavy atom. The second-order valence-electron chi connectivity index (χ2n) is 5.64. The summed E-state index contributed by atoms with van der Waals surface area (Å²) >= 11 is 1.98. The maximum atomic E-state index is 5.46. The van der Waals surface area contributed by atoms with Gasteiger partial charge in [-0.25, -0.2) is 4.98 Å². The van der Waals surface area contributed by atoms with Crippen LogP contribution in [0.25, 0.3) is 0 Å². The molecule has 19 heavy (non-hydrogen) atoms. The van der Waals surface area contributed by atoms with Crippen molar-refractivity contribution in [1.82, 2.24) is 10.3 Å². The number of aromatic nitrogens is 1. The van der Waals surface area contributed by atoms with Crippen LogP contribution >= 0.6 is 11.3 Å². The Labute approximate surface area is 119 Å². The van der Waals surface area contributed by atoms with Gasteiger partial charge in [0.15, 0.2) is 0 Å². The van der Waals surface area contributed by atoms with E-state index >= 15 is 0 Å². The van der Waals surface area contributed by atoms with Gasteiger partial charge in [0.2, 0.25) is 0 Å². The molecule has 2 heterocycles. The largest absolute Gasteiger partial charge is 0.381 e. The lowest BCUT2D eigenvalue weighted by Crippen LogP contribution is -2.24. The lowest BCUT2D eigenvalue weighted by atomic mass is 9.91. The highest BCUT2D eigenvalue weighted by Crippen LogP contribution is 2.38. The molecule has 0 aromatic carbocycles. The first-order valence-corrected chi connectivity index (χ1v) is 8.48. The molecular formula is C15H24N2OS. The van der Waals surface area contributed by atoms with Crippen LogP contribution in [0.2, 0.25) is 0 Å². The Kier molecular flexibility index (Phi) is 4.51. The predicted octanol–water partition coefficient (Wildman–Crippen LogP) is 3.07. The summed E-state index contributed by atoms with van der Waals surface area (Å²) in [6.07, 6.45) is 6.20. The van der Waals surface area contributed by atoms with Crippen LogP contribution in [0, 0.1) is 0 Å². The van der Waals surface area contributed by atoms with Crippen molar-refractivity contribution in [3.05, 3.63) is 15.6 Å². The number of hydrogen-bond donors (Lipinski definition) is 1. The number of fused-ring (bicyclic) bond motifs is 1. The van der Waals surface area contributed by atoms with E-state index in [0.29, 0.717) is 11.8 Å². The zero-order chi connectivity index (χ0) is 13.1. The molecule has 106 valence electrons. The minimum absolute atomic E-state index is 0.647. The van der Waals surface area contributed by atoms with Gasteiger partial charge in [-0.05, 0) is 38.6 Å². The molecule has 3 rings (SSSR count). The average molecular weight is 280 g/mol. The fourth-order valence-electron chi connectivity index (χ4n) is 3.16. The molecule has 1 aliphatic carbocycles. The maximum Gasteiger partial charge on any atom is 0.0963 e. The number of likely N-dealkylation sites (N-methyl/N-ethyl adjacent to an activating group) is 1. The fourth-order valence-corrected chi connectivity index (χ4v) is 4.52. The first kappa shape index (κ1) is 13.5. The summed E-state index contributed by atoms with van der Waals surface area (Å²) in [4.78, 5) is 6.60. The van der Waals surface area contributed by atoms with Crippen molar-refractivity contribution in [1.29, 1.82) is 0 Å². The number of aryl methyl sites for hydroxylation is 1. The number of thiazole rings is 1. The second kappa shape index (κ2) is 6.33. The predicted molar refractivity (Wildman–Crippen MR) is 79.1 cm³/mol. The molecule has 1 aliphatic heterocycles. The molecule has 0 saturated carbocycles. The molecule has 2 aliphatic rings. The minimum atomic E-state index is 0.647. The Bertz CT molecular complexity index is 412. The van der Waals surface area contributed by atoms with Gasteiger partial charge in [0.25, 0.3) is 0 Å². The molecule has 1 N–H and O–H groups in total. The third kappa shape index (κ3) is 3.01. The Balaban J connectivity index is 1.76. The molecular weight excluding hydrogens is 256 g/mol. The maximum absolute atomic E-state index is 5.46. The smallest absolute Gasteiger partial charge is 0.0963 e. The topological polar surface area (TPSA) is 34.1 Å². The summed E-state index contributed by atoms with van der Waals surface area (Å²) in [7, 11) is 0. The van der Waals surface area contributed by atoms with E-state index in [9.17, 15) is 0 Å². The van der Waals surface area contributed by atoms with Crippen LogP contribution in [0.4, 0.5) is 0 Å². The Morgan fingerprint density at radius 3 is 2.95 bits per heavy atom. The van der Waals surface area contributed by atoms with Crippen molar-refractivity contribution in [2.24, 2.45) is 0 Å². The first-order chi connectivity index (χ1) is 9.38. The summed E-state index contributed by atoms with van der Waals surface area (Å²) in [6, 6.07) is 0. The van der Waals surface area contributed by atoms with Gasteiger partial charge in [-0.2, -0.15) is 0 Å². The summed E-state index contributed by atoms with van der Waals surface area (Å²) in [5, 5.41) is 4.88. The molecule has 1 unspecified atom stereocenters. The lowest BCUT2D eigenvalue weighted by molar-refractivity contribution is 0.0852. The quantitative estimate of drug-likeness (QED) is 0.920. The van der Waals surface area contributed by atoms with E-state index in [2.05, 4.69) is 12.2 Å². The zero-order valence-electron chi connectivity index (χ0n) is 11.8. The molecule has 0 bridgehead atoms. The number of nitrogens with one attached hydrogen (secondary N) is 1. The molecule has 0 radical (unpaired) electrons. The molecule has 4 heteroatoms. The monoisotopic (exact) mass is 280 g/mol. The van der Waals surface area contributed by atoms with Gasteiger partial charge < -0.3 is 10.1 Å². The molecule has 0 spiro atoms. The van der Waals surface area contributed by atoms with E-state index in [1.165, 1.54) is 30.0 Å². The van der Waals surface area contributed by atoms with Crippen molar-refractivity contribution >= 4 is 11.3 Å². The van der Waals surface area contributed by atoms with Crippen molar-refractivity contribution < 1.29 is 4.74 Å². The van der Waals surface area contributed by atoms with Crippen molar-refractivity contribution in [3.8, 4) is 0 Å². The van der Waals surface area contributed by atoms with E-state index in [1.54, 1.807) is 4.88 Å². The number of ether oxygens (including phenoxy) is 1. The average Bonchev–Trinajstić information content (AvgIpc) is 2.90. The van der Waals surface area contributed by atoms with Gasteiger partial charge in [-0.3, -0.25) is 0 Å². The lowest BCUT2D eigenvalue weighted by Gasteiger charge is -2.21. The van der Waals surface area contributed by atoms with Crippen LogP contribution < -0.4 is 5.32 Å². The second-order valence-corrected chi connectivity index (χ2v) is 6.76. The number of nitrogens with zero attached hydrogens (tertiary/aromatic N) is 1. The third-order valence-corrected chi connectivity index (χ3v) is 5.59. The molecule has 3 nitrogen and oxygen atoms in total. The van der Waals surface area contributed by atoms with E-state index in [-0.39, 0.29) is 0 Å². The van der Waals surface area contributed by atoms with E-state index in [1.807, 2.05) is 11.3 Å². The molecule has 1 aromatic rings. The van der Waals surface area contributed by atoms with Crippen LogP contribution in [0.3, 0.4) is 0 Å². The third-order valence-electron chi connectivity index (χ3n) is 4.30. The molecule has 1 atom stereocenters. The van der Waals surface area contributed by atoms with E-state index < -0.39 is 0 Å². The standard InChI is InChI=1S/C15H24N2OS/c1-2-16-10-12-4-3-5-13-14(12)17-15(19-13)11-6-8-18-9-7-11/h11-12,16H,2-10H2,1H3. The molecule has 1 fully saturated rings. The van der Waals surface area contributed by atoms with Gasteiger partial charge in [0.05, 0.1) is 10.7 Å². The van der Waals surface area contributed by atoms with E-state index in [4.69, 9.17) is 9.72 Å². The van der Waals surface area contributed by atoms with Gasteiger partial charge in [-0.1, -0.05) is 6.92 Å². The number of hydrogen-bond acceptors (Lipinski definition) is 4. The van der Waals surface area contributed by atoms with Crippen LogP contribution in [0.1, 0.15) is 60.0 Å². The highest BCUT2D eigenvalue weighted by atomic mass is 32.1. The van der Waals surface area contributed by atoms with E-state index in [0.717, 1.165) is 39.1 Å². The van der Waals surface area contributed by atoms with Crippen LogP contribution in [-0.4, -0.2) is 31.3 Å². The van der Waals surface area contributed by atoms with Crippen LogP contribution in [-0.2, 0) is 11.2 Å². The summed E-state index contributed by atoms with van der Waals surface area (Å²) < 4.78 is 5.46. The van der Waals surface area contributed by atoms with Crippen molar-refractivity contribution in [3.63, 3.8) is 0 Å². The summed E-state index contributed by atoms with van der Waals surface area (Å²) in [5.74, 6) is 1.30.